The first kappa shape index (κ1) is 25.5. The number of hydrazone groups is 1. The minimum absolute atomic E-state index is 0.187. The van der Waals surface area contributed by atoms with Crippen molar-refractivity contribution < 1.29 is 28.6 Å². The molecule has 9 nitrogen and oxygen atoms in total. The summed E-state index contributed by atoms with van der Waals surface area (Å²) in [6, 6.07) is 15.5. The largest absolute Gasteiger partial charge is 0.497 e. The zero-order chi connectivity index (χ0) is 25.4. The van der Waals surface area contributed by atoms with E-state index in [1.807, 2.05) is 0 Å². The summed E-state index contributed by atoms with van der Waals surface area (Å²) in [5.41, 5.74) is 3.13. The van der Waals surface area contributed by atoms with Crippen molar-refractivity contribution in [1.82, 2.24) is 5.43 Å². The lowest BCUT2D eigenvalue weighted by Crippen LogP contribution is -2.32. The van der Waals surface area contributed by atoms with E-state index >= 15 is 0 Å². The van der Waals surface area contributed by atoms with E-state index in [0.29, 0.717) is 21.9 Å². The number of amides is 2. The molecule has 2 N–H and O–H groups in total. The molecule has 11 heteroatoms. The fourth-order valence-electron chi connectivity index (χ4n) is 2.72. The molecule has 3 rings (SSSR count). The van der Waals surface area contributed by atoms with Gasteiger partial charge < -0.3 is 19.5 Å². The molecular formula is C24H19Cl2N3O6. The molecule has 0 aromatic heterocycles. The van der Waals surface area contributed by atoms with Gasteiger partial charge in [0.2, 0.25) is 0 Å². The monoisotopic (exact) mass is 515 g/mol. The molecule has 180 valence electrons. The molecule has 0 aliphatic heterocycles. The SMILES string of the molecule is COc1ccc(C(=O)Oc2ccc(C=NNC(=O)C(=O)Nc3cc(Cl)ccc3Cl)cc2OC)cc1. The van der Waals surface area contributed by atoms with Crippen molar-refractivity contribution >= 4 is 52.9 Å². The van der Waals surface area contributed by atoms with Crippen LogP contribution >= 0.6 is 23.2 Å². The minimum Gasteiger partial charge on any atom is -0.497 e. The molecule has 0 bridgehead atoms. The summed E-state index contributed by atoms with van der Waals surface area (Å²) in [6.45, 7) is 0. The van der Waals surface area contributed by atoms with Gasteiger partial charge in [-0.25, -0.2) is 10.2 Å². The summed E-state index contributed by atoms with van der Waals surface area (Å²) in [6.07, 6.45) is 1.29. The van der Waals surface area contributed by atoms with E-state index in [1.54, 1.807) is 36.4 Å². The van der Waals surface area contributed by atoms with Gasteiger partial charge in [0.1, 0.15) is 5.75 Å². The van der Waals surface area contributed by atoms with Gasteiger partial charge in [-0.1, -0.05) is 23.2 Å². The number of nitrogens with one attached hydrogen (secondary N) is 2. The number of carbonyl (C=O) groups is 3. The number of nitrogens with zero attached hydrogens (tertiary/aromatic N) is 1. The molecule has 0 fully saturated rings. The smallest absolute Gasteiger partial charge is 0.343 e. The molecule has 2 amide bonds. The van der Waals surface area contributed by atoms with E-state index in [-0.39, 0.29) is 22.2 Å². The number of halogens is 2. The second-order valence-electron chi connectivity index (χ2n) is 6.81. The Kier molecular flexibility index (Phi) is 8.66. The molecule has 0 heterocycles. The van der Waals surface area contributed by atoms with Gasteiger partial charge in [-0.2, -0.15) is 5.10 Å². The van der Waals surface area contributed by atoms with Crippen LogP contribution in [0.1, 0.15) is 15.9 Å². The highest BCUT2D eigenvalue weighted by Gasteiger charge is 2.15. The highest BCUT2D eigenvalue weighted by atomic mass is 35.5. The van der Waals surface area contributed by atoms with Crippen molar-refractivity contribution in [3.05, 3.63) is 81.8 Å². The summed E-state index contributed by atoms with van der Waals surface area (Å²) in [7, 11) is 2.94. The number of carbonyl (C=O) groups excluding carboxylic acids is 3. The molecule has 0 atom stereocenters. The Labute approximate surface area is 210 Å². The highest BCUT2D eigenvalue weighted by Crippen LogP contribution is 2.29. The second kappa shape index (κ2) is 11.9. The van der Waals surface area contributed by atoms with E-state index in [0.717, 1.165) is 0 Å². The number of anilines is 1. The molecule has 0 radical (unpaired) electrons. The molecule has 35 heavy (non-hydrogen) atoms. The van der Waals surface area contributed by atoms with E-state index in [2.05, 4.69) is 15.8 Å². The van der Waals surface area contributed by atoms with E-state index in [4.69, 9.17) is 37.4 Å². The first-order valence-corrected chi connectivity index (χ1v) is 10.7. The lowest BCUT2D eigenvalue weighted by atomic mass is 10.2. The molecule has 0 spiro atoms. The van der Waals surface area contributed by atoms with Gasteiger partial charge >= 0.3 is 17.8 Å². The minimum atomic E-state index is -1.02. The van der Waals surface area contributed by atoms with Gasteiger partial charge in [0.15, 0.2) is 11.5 Å². The predicted octanol–water partition coefficient (Wildman–Crippen LogP) is 4.32. The number of hydrogen-bond donors (Lipinski definition) is 2. The van der Waals surface area contributed by atoms with E-state index in [1.165, 1.54) is 44.7 Å². The van der Waals surface area contributed by atoms with Crippen LogP contribution in [0.25, 0.3) is 0 Å². The van der Waals surface area contributed by atoms with Crippen LogP contribution in [0, 0.1) is 0 Å². The number of esters is 1. The van der Waals surface area contributed by atoms with Crippen molar-refractivity contribution in [3.8, 4) is 17.2 Å². The molecule has 3 aromatic rings. The van der Waals surface area contributed by atoms with E-state index < -0.39 is 17.8 Å². The van der Waals surface area contributed by atoms with Crippen LogP contribution in [0.4, 0.5) is 5.69 Å². The lowest BCUT2D eigenvalue weighted by molar-refractivity contribution is -0.136. The lowest BCUT2D eigenvalue weighted by Gasteiger charge is -2.10. The maximum absolute atomic E-state index is 12.4. The van der Waals surface area contributed by atoms with E-state index in [9.17, 15) is 14.4 Å². The quantitative estimate of drug-likeness (QED) is 0.159. The molecule has 0 aliphatic rings. The van der Waals surface area contributed by atoms with Gasteiger partial charge in [0, 0.05) is 5.02 Å². The average molecular weight is 516 g/mol. The number of rotatable bonds is 7. The standard InChI is InChI=1S/C24H19Cl2N3O6/c1-33-17-7-4-15(5-8-17)24(32)35-20-10-3-14(11-21(20)34-2)13-27-29-23(31)22(30)28-19-12-16(25)6-9-18(19)26/h3-13H,1-2H3,(H,28,30)(H,29,31). The van der Waals surface area contributed by atoms with Crippen molar-refractivity contribution in [2.45, 2.75) is 0 Å². The van der Waals surface area contributed by atoms with Crippen LogP contribution in [0.2, 0.25) is 10.0 Å². The first-order chi connectivity index (χ1) is 16.8. The molecule has 0 unspecified atom stereocenters. The predicted molar refractivity (Wildman–Crippen MR) is 132 cm³/mol. The Morgan fingerprint density at radius 3 is 2.29 bits per heavy atom. The van der Waals surface area contributed by atoms with Crippen LogP contribution in [-0.4, -0.2) is 38.2 Å². The van der Waals surface area contributed by atoms with Crippen molar-refractivity contribution in [3.63, 3.8) is 0 Å². The molecule has 0 saturated heterocycles. The van der Waals surface area contributed by atoms with Gasteiger partial charge in [-0.15, -0.1) is 0 Å². The van der Waals surface area contributed by atoms with Crippen LogP contribution in [-0.2, 0) is 9.59 Å². The highest BCUT2D eigenvalue weighted by molar-refractivity contribution is 6.42. The zero-order valence-electron chi connectivity index (χ0n) is 18.5. The van der Waals surface area contributed by atoms with Crippen LogP contribution in [0.3, 0.4) is 0 Å². The summed E-state index contributed by atoms with van der Waals surface area (Å²) in [5, 5.41) is 6.67. The van der Waals surface area contributed by atoms with Crippen molar-refractivity contribution in [2.24, 2.45) is 5.10 Å². The van der Waals surface area contributed by atoms with Crippen LogP contribution in [0.15, 0.2) is 65.8 Å². The normalized spacial score (nSPS) is 10.5. The molecule has 0 saturated carbocycles. The third-order valence-electron chi connectivity index (χ3n) is 4.48. The number of hydrogen-bond acceptors (Lipinski definition) is 7. The van der Waals surface area contributed by atoms with Crippen LogP contribution in [0.5, 0.6) is 17.2 Å². The average Bonchev–Trinajstić information content (AvgIpc) is 2.86. The van der Waals surface area contributed by atoms with Gasteiger partial charge in [-0.05, 0) is 66.2 Å². The summed E-state index contributed by atoms with van der Waals surface area (Å²) in [4.78, 5) is 36.5. The fraction of sp³-hybridized carbons (Fsp3) is 0.0833. The second-order valence-corrected chi connectivity index (χ2v) is 7.65. The number of methoxy groups -OCH3 is 2. The summed E-state index contributed by atoms with van der Waals surface area (Å²) in [5.74, 6) is -1.52. The van der Waals surface area contributed by atoms with Crippen LogP contribution < -0.4 is 25.0 Å². The Bertz CT molecular complexity index is 1280. The fourth-order valence-corrected chi connectivity index (χ4v) is 3.06. The maximum atomic E-state index is 12.4. The molecule has 3 aromatic carbocycles. The maximum Gasteiger partial charge on any atom is 0.343 e. The summed E-state index contributed by atoms with van der Waals surface area (Å²) < 4.78 is 15.8. The molecule has 0 aliphatic carbocycles. The Balaban J connectivity index is 1.61. The van der Waals surface area contributed by atoms with Crippen molar-refractivity contribution in [1.29, 1.82) is 0 Å². The Hall–Kier alpha value is -4.08. The van der Waals surface area contributed by atoms with Gasteiger partial charge in [-0.3, -0.25) is 9.59 Å². The first-order valence-electron chi connectivity index (χ1n) is 9.94. The number of benzene rings is 3. The zero-order valence-corrected chi connectivity index (χ0v) is 20.0. The Morgan fingerprint density at radius 2 is 1.60 bits per heavy atom. The van der Waals surface area contributed by atoms with Crippen molar-refractivity contribution in [2.75, 3.05) is 19.5 Å². The topological polar surface area (TPSA) is 115 Å². The molecular weight excluding hydrogens is 497 g/mol. The Morgan fingerprint density at radius 1 is 0.857 bits per heavy atom. The summed E-state index contributed by atoms with van der Waals surface area (Å²) >= 11 is 11.8. The van der Waals surface area contributed by atoms with Gasteiger partial charge in [0.25, 0.3) is 0 Å². The third kappa shape index (κ3) is 6.95. The van der Waals surface area contributed by atoms with Gasteiger partial charge in [0.05, 0.1) is 36.7 Å². The third-order valence-corrected chi connectivity index (χ3v) is 5.04. The number of ether oxygens (including phenoxy) is 3.